The SMILES string of the molecule is CS(=O)(=O)c1ccc(-n2c(=S)[nH]c3cnc(Cl)cc3c2=O)cc1. The second-order valence-electron chi connectivity index (χ2n) is 4.89. The highest BCUT2D eigenvalue weighted by atomic mass is 35.5. The van der Waals surface area contributed by atoms with Gasteiger partial charge in [0.25, 0.3) is 5.56 Å². The summed E-state index contributed by atoms with van der Waals surface area (Å²) in [7, 11) is -3.31. The van der Waals surface area contributed by atoms with Crippen LogP contribution in [-0.2, 0) is 9.84 Å². The second-order valence-corrected chi connectivity index (χ2v) is 7.68. The van der Waals surface area contributed by atoms with Crippen molar-refractivity contribution in [3.05, 3.63) is 56.8 Å². The molecule has 23 heavy (non-hydrogen) atoms. The molecule has 0 saturated carbocycles. The summed E-state index contributed by atoms with van der Waals surface area (Å²) in [6.07, 6.45) is 2.55. The minimum Gasteiger partial charge on any atom is -0.330 e. The van der Waals surface area contributed by atoms with E-state index in [-0.39, 0.29) is 20.4 Å². The van der Waals surface area contributed by atoms with E-state index in [1.165, 1.54) is 41.1 Å². The van der Waals surface area contributed by atoms with Crippen molar-refractivity contribution in [2.75, 3.05) is 6.26 Å². The van der Waals surface area contributed by atoms with E-state index in [4.69, 9.17) is 23.8 Å². The summed E-state index contributed by atoms with van der Waals surface area (Å²) in [4.78, 5) is 19.6. The maximum absolute atomic E-state index is 12.7. The third-order valence-electron chi connectivity index (χ3n) is 3.27. The van der Waals surface area contributed by atoms with Crippen LogP contribution in [0.4, 0.5) is 0 Å². The molecule has 0 spiro atoms. The van der Waals surface area contributed by atoms with Crippen molar-refractivity contribution in [1.82, 2.24) is 14.5 Å². The summed E-state index contributed by atoms with van der Waals surface area (Å²) in [5, 5.41) is 0.532. The molecule has 0 fully saturated rings. The Morgan fingerprint density at radius 2 is 1.91 bits per heavy atom. The van der Waals surface area contributed by atoms with Crippen molar-refractivity contribution in [3.8, 4) is 5.69 Å². The van der Waals surface area contributed by atoms with Gasteiger partial charge in [-0.3, -0.25) is 9.36 Å². The van der Waals surface area contributed by atoms with Crippen molar-refractivity contribution in [2.45, 2.75) is 4.90 Å². The number of aromatic amines is 1. The van der Waals surface area contributed by atoms with E-state index >= 15 is 0 Å². The Morgan fingerprint density at radius 3 is 2.52 bits per heavy atom. The Bertz CT molecular complexity index is 1130. The molecule has 1 N–H and O–H groups in total. The number of aromatic nitrogens is 3. The summed E-state index contributed by atoms with van der Waals surface area (Å²) in [6.45, 7) is 0. The third kappa shape index (κ3) is 2.92. The number of nitrogens with one attached hydrogen (secondary N) is 1. The van der Waals surface area contributed by atoms with Crippen LogP contribution in [0.1, 0.15) is 0 Å². The monoisotopic (exact) mass is 367 g/mol. The molecule has 6 nitrogen and oxygen atoms in total. The standard InChI is InChI=1S/C14H10ClN3O3S2/c1-23(20,21)9-4-2-8(3-5-9)18-13(19)10-6-12(15)16-7-11(10)17-14(18)22/h2-7H,1H3,(H,17,22). The lowest BCUT2D eigenvalue weighted by atomic mass is 10.3. The van der Waals surface area contributed by atoms with E-state index in [9.17, 15) is 13.2 Å². The molecule has 0 aliphatic rings. The fourth-order valence-electron chi connectivity index (χ4n) is 2.17. The van der Waals surface area contributed by atoms with E-state index < -0.39 is 9.84 Å². The van der Waals surface area contributed by atoms with Crippen LogP contribution < -0.4 is 5.56 Å². The predicted molar refractivity (Wildman–Crippen MR) is 90.6 cm³/mol. The molecule has 3 rings (SSSR count). The number of pyridine rings is 1. The fourth-order valence-corrected chi connectivity index (χ4v) is 3.25. The van der Waals surface area contributed by atoms with E-state index in [2.05, 4.69) is 9.97 Å². The molecule has 2 heterocycles. The number of fused-ring (bicyclic) bond motifs is 1. The summed E-state index contributed by atoms with van der Waals surface area (Å²) >= 11 is 11.1. The molecule has 3 aromatic rings. The van der Waals surface area contributed by atoms with Crippen molar-refractivity contribution in [2.24, 2.45) is 0 Å². The topological polar surface area (TPSA) is 84.8 Å². The van der Waals surface area contributed by atoms with Gasteiger partial charge in [-0.15, -0.1) is 0 Å². The molecule has 0 radical (unpaired) electrons. The van der Waals surface area contributed by atoms with Crippen LogP contribution >= 0.6 is 23.8 Å². The van der Waals surface area contributed by atoms with Crippen molar-refractivity contribution < 1.29 is 8.42 Å². The molecule has 0 aliphatic heterocycles. The van der Waals surface area contributed by atoms with Crippen molar-refractivity contribution >= 4 is 44.6 Å². The maximum Gasteiger partial charge on any atom is 0.266 e. The number of rotatable bonds is 2. The first-order chi connectivity index (χ1) is 10.8. The number of benzene rings is 1. The van der Waals surface area contributed by atoms with Gasteiger partial charge in [0, 0.05) is 6.26 Å². The van der Waals surface area contributed by atoms with Crippen LogP contribution in [-0.4, -0.2) is 29.2 Å². The molecule has 0 saturated heterocycles. The van der Waals surface area contributed by atoms with Crippen LogP contribution in [0.5, 0.6) is 0 Å². The van der Waals surface area contributed by atoms with Crippen molar-refractivity contribution in [1.29, 1.82) is 0 Å². The molecular weight excluding hydrogens is 358 g/mol. The van der Waals surface area contributed by atoms with Gasteiger partial charge in [-0.1, -0.05) is 11.6 Å². The Balaban J connectivity index is 2.28. The summed E-state index contributed by atoms with van der Waals surface area (Å²) in [5.74, 6) is 0. The molecule has 0 aliphatic carbocycles. The Morgan fingerprint density at radius 1 is 1.26 bits per heavy atom. The Kier molecular flexibility index (Phi) is 3.83. The zero-order chi connectivity index (χ0) is 16.8. The molecule has 0 atom stereocenters. The minimum absolute atomic E-state index is 0.164. The largest absolute Gasteiger partial charge is 0.330 e. The highest BCUT2D eigenvalue weighted by Gasteiger charge is 2.11. The van der Waals surface area contributed by atoms with Crippen LogP contribution in [0.25, 0.3) is 16.6 Å². The highest BCUT2D eigenvalue weighted by molar-refractivity contribution is 7.90. The normalized spacial score (nSPS) is 11.7. The molecule has 9 heteroatoms. The lowest BCUT2D eigenvalue weighted by molar-refractivity contribution is 0.602. The average molecular weight is 368 g/mol. The molecule has 0 bridgehead atoms. The van der Waals surface area contributed by atoms with Crippen LogP contribution in [0.2, 0.25) is 5.15 Å². The maximum atomic E-state index is 12.7. The molecule has 0 amide bonds. The number of H-pyrrole nitrogens is 1. The number of halogens is 1. The van der Waals surface area contributed by atoms with Crippen molar-refractivity contribution in [3.63, 3.8) is 0 Å². The predicted octanol–water partition coefficient (Wildman–Crippen LogP) is 2.50. The number of sulfone groups is 1. The summed E-state index contributed by atoms with van der Waals surface area (Å²) in [5.41, 5.74) is 0.576. The fraction of sp³-hybridized carbons (Fsp3) is 0.0714. The first-order valence-corrected chi connectivity index (χ1v) is 9.06. The first kappa shape index (κ1) is 15.9. The van der Waals surface area contributed by atoms with Crippen LogP contribution in [0.3, 0.4) is 0 Å². The van der Waals surface area contributed by atoms with Gasteiger partial charge < -0.3 is 4.98 Å². The van der Waals surface area contributed by atoms with Gasteiger partial charge in [0.1, 0.15) is 5.15 Å². The van der Waals surface area contributed by atoms with Crippen LogP contribution in [0, 0.1) is 4.77 Å². The average Bonchev–Trinajstić information content (AvgIpc) is 2.48. The minimum atomic E-state index is -3.31. The zero-order valence-corrected chi connectivity index (χ0v) is 14.2. The Labute approximate surface area is 141 Å². The Hall–Kier alpha value is -2.03. The zero-order valence-electron chi connectivity index (χ0n) is 11.8. The van der Waals surface area contributed by atoms with E-state index in [0.29, 0.717) is 16.6 Å². The lowest BCUT2D eigenvalue weighted by Gasteiger charge is -2.08. The van der Waals surface area contributed by atoms with Gasteiger partial charge >= 0.3 is 0 Å². The van der Waals surface area contributed by atoms with Crippen LogP contribution in [0.15, 0.2) is 46.2 Å². The third-order valence-corrected chi connectivity index (χ3v) is 4.89. The van der Waals surface area contributed by atoms with Gasteiger partial charge in [0.2, 0.25) is 0 Å². The molecule has 1 aromatic carbocycles. The summed E-state index contributed by atoms with van der Waals surface area (Å²) < 4.78 is 24.5. The van der Waals surface area contributed by atoms with Gasteiger partial charge in [-0.05, 0) is 42.5 Å². The molecule has 0 unspecified atom stereocenters. The van der Waals surface area contributed by atoms with E-state index in [1.54, 1.807) is 0 Å². The molecule has 2 aromatic heterocycles. The molecular formula is C14H10ClN3O3S2. The molecule has 118 valence electrons. The van der Waals surface area contributed by atoms with Gasteiger partial charge in [0.15, 0.2) is 14.6 Å². The van der Waals surface area contributed by atoms with E-state index in [1.807, 2.05) is 0 Å². The number of nitrogens with zero attached hydrogens (tertiary/aromatic N) is 2. The number of hydrogen-bond acceptors (Lipinski definition) is 5. The lowest BCUT2D eigenvalue weighted by Crippen LogP contribution is -2.20. The van der Waals surface area contributed by atoms with Gasteiger partial charge in [-0.25, -0.2) is 13.4 Å². The van der Waals surface area contributed by atoms with E-state index in [0.717, 1.165) is 6.26 Å². The highest BCUT2D eigenvalue weighted by Crippen LogP contribution is 2.16. The smallest absolute Gasteiger partial charge is 0.266 e. The second kappa shape index (κ2) is 5.55. The first-order valence-electron chi connectivity index (χ1n) is 6.38. The van der Waals surface area contributed by atoms with Gasteiger partial charge in [-0.2, -0.15) is 0 Å². The quantitative estimate of drug-likeness (QED) is 0.555. The number of hydrogen-bond donors (Lipinski definition) is 1. The van der Waals surface area contributed by atoms with Gasteiger partial charge in [0.05, 0.1) is 27.7 Å². The summed E-state index contributed by atoms with van der Waals surface area (Å²) in [6, 6.07) is 7.35.